The van der Waals surface area contributed by atoms with E-state index in [1.807, 2.05) is 23.1 Å². The van der Waals surface area contributed by atoms with Gasteiger partial charge in [0.2, 0.25) is 0 Å². The first-order valence-corrected chi connectivity index (χ1v) is 7.31. The van der Waals surface area contributed by atoms with Gasteiger partial charge in [0.1, 0.15) is 11.8 Å². The second-order valence-corrected chi connectivity index (χ2v) is 5.56. The zero-order chi connectivity index (χ0) is 15.5. The Labute approximate surface area is 131 Å². The lowest BCUT2D eigenvalue weighted by Gasteiger charge is -2.30. The molecular formula is C15H13N3O3S. The van der Waals surface area contributed by atoms with E-state index in [9.17, 15) is 4.79 Å². The number of aliphatic carboxylic acids is 1. The fourth-order valence-electron chi connectivity index (χ4n) is 2.16. The summed E-state index contributed by atoms with van der Waals surface area (Å²) in [6, 6.07) is 5.73. The summed E-state index contributed by atoms with van der Waals surface area (Å²) in [6.07, 6.45) is 5.98. The first-order chi connectivity index (χ1) is 10.7. The highest BCUT2D eigenvalue weighted by Gasteiger charge is 2.25. The molecule has 1 aromatic heterocycles. The van der Waals surface area contributed by atoms with Gasteiger partial charge in [-0.1, -0.05) is 17.8 Å². The molecule has 0 bridgehead atoms. The van der Waals surface area contributed by atoms with Gasteiger partial charge in [0.05, 0.1) is 5.69 Å². The Bertz CT molecular complexity index is 749. The number of hydrogen-bond acceptors (Lipinski definition) is 6. The minimum Gasteiger partial charge on any atom is -0.478 e. The normalized spacial score (nSPS) is 13.0. The van der Waals surface area contributed by atoms with Gasteiger partial charge in [-0.25, -0.2) is 14.8 Å². The number of benzene rings is 1. The lowest BCUT2D eigenvalue weighted by atomic mass is 10.1. The highest BCUT2D eigenvalue weighted by atomic mass is 32.2. The van der Waals surface area contributed by atoms with Crippen LogP contribution in [0.15, 0.2) is 46.6 Å². The maximum atomic E-state index is 10.7. The number of rotatable bonds is 4. The van der Waals surface area contributed by atoms with Gasteiger partial charge < -0.3 is 9.84 Å². The Morgan fingerprint density at radius 3 is 3.00 bits per heavy atom. The number of methoxy groups -OCH3 is 1. The van der Waals surface area contributed by atoms with Crippen LogP contribution in [0.4, 0.5) is 11.5 Å². The number of carbonyl (C=O) groups is 1. The molecule has 1 N–H and O–H groups in total. The molecule has 2 aromatic rings. The van der Waals surface area contributed by atoms with E-state index in [0.717, 1.165) is 33.1 Å². The average molecular weight is 315 g/mol. The zero-order valence-electron chi connectivity index (χ0n) is 11.8. The summed E-state index contributed by atoms with van der Waals surface area (Å²) in [5.41, 5.74) is 1.72. The van der Waals surface area contributed by atoms with Crippen LogP contribution in [0.1, 0.15) is 5.56 Å². The zero-order valence-corrected chi connectivity index (χ0v) is 12.6. The van der Waals surface area contributed by atoms with Crippen LogP contribution in [0.25, 0.3) is 6.08 Å². The number of carboxylic acids is 1. The third-order valence-electron chi connectivity index (χ3n) is 3.06. The summed E-state index contributed by atoms with van der Waals surface area (Å²) in [6.45, 7) is 0.339. The SMILES string of the molecule is COCN1c2cc(/C=C/C(=O)O)ccc2Sc2nccnc21. The van der Waals surface area contributed by atoms with Crippen LogP contribution in [0.5, 0.6) is 0 Å². The molecule has 1 aliphatic heterocycles. The van der Waals surface area contributed by atoms with Crippen molar-refractivity contribution in [3.8, 4) is 0 Å². The van der Waals surface area contributed by atoms with Gasteiger partial charge in [-0.15, -0.1) is 0 Å². The topological polar surface area (TPSA) is 75.5 Å². The van der Waals surface area contributed by atoms with Crippen LogP contribution in [0.2, 0.25) is 0 Å². The van der Waals surface area contributed by atoms with E-state index in [1.54, 1.807) is 25.6 Å². The van der Waals surface area contributed by atoms with Crippen molar-refractivity contribution in [1.82, 2.24) is 9.97 Å². The van der Waals surface area contributed by atoms with Crippen LogP contribution in [-0.4, -0.2) is 34.9 Å². The van der Waals surface area contributed by atoms with E-state index in [4.69, 9.17) is 9.84 Å². The lowest BCUT2D eigenvalue weighted by Crippen LogP contribution is -2.24. The lowest BCUT2D eigenvalue weighted by molar-refractivity contribution is -0.131. The van der Waals surface area contributed by atoms with Gasteiger partial charge in [-0.3, -0.25) is 4.90 Å². The predicted molar refractivity (Wildman–Crippen MR) is 83.3 cm³/mol. The molecule has 0 fully saturated rings. The molecule has 0 saturated carbocycles. The summed E-state index contributed by atoms with van der Waals surface area (Å²) in [5, 5.41) is 9.56. The van der Waals surface area contributed by atoms with Crippen LogP contribution in [0, 0.1) is 0 Å². The number of anilines is 2. The molecule has 22 heavy (non-hydrogen) atoms. The maximum absolute atomic E-state index is 10.7. The largest absolute Gasteiger partial charge is 0.478 e. The van der Waals surface area contributed by atoms with Crippen molar-refractivity contribution in [2.75, 3.05) is 18.7 Å². The monoisotopic (exact) mass is 315 g/mol. The van der Waals surface area contributed by atoms with Crippen LogP contribution in [0.3, 0.4) is 0 Å². The first kappa shape index (κ1) is 14.6. The standard InChI is InChI=1S/C15H13N3O3S/c1-21-9-18-11-8-10(3-5-13(19)20)2-4-12(11)22-15-14(18)16-6-7-17-15/h2-8H,9H2,1H3,(H,19,20)/b5-3+. The van der Waals surface area contributed by atoms with Crippen LogP contribution >= 0.6 is 11.8 Å². The first-order valence-electron chi connectivity index (χ1n) is 6.49. The molecule has 112 valence electrons. The van der Waals surface area contributed by atoms with E-state index in [2.05, 4.69) is 9.97 Å². The molecule has 0 saturated heterocycles. The van der Waals surface area contributed by atoms with Crippen molar-refractivity contribution < 1.29 is 14.6 Å². The molecule has 0 radical (unpaired) electrons. The minimum absolute atomic E-state index is 0.339. The van der Waals surface area contributed by atoms with Gasteiger partial charge in [-0.05, 0) is 23.8 Å². The summed E-state index contributed by atoms with van der Waals surface area (Å²) in [5.74, 6) is -0.238. The summed E-state index contributed by atoms with van der Waals surface area (Å²) < 4.78 is 5.27. The van der Waals surface area contributed by atoms with Crippen molar-refractivity contribution >= 4 is 35.3 Å². The van der Waals surface area contributed by atoms with Crippen LogP contribution in [-0.2, 0) is 9.53 Å². The van der Waals surface area contributed by atoms with E-state index < -0.39 is 5.97 Å². The smallest absolute Gasteiger partial charge is 0.328 e. The molecular weight excluding hydrogens is 302 g/mol. The summed E-state index contributed by atoms with van der Waals surface area (Å²) in [4.78, 5) is 22.3. The summed E-state index contributed by atoms with van der Waals surface area (Å²) >= 11 is 1.53. The van der Waals surface area contributed by atoms with E-state index >= 15 is 0 Å². The Kier molecular flexibility index (Phi) is 4.08. The maximum Gasteiger partial charge on any atom is 0.328 e. The average Bonchev–Trinajstić information content (AvgIpc) is 2.53. The minimum atomic E-state index is -0.975. The quantitative estimate of drug-likeness (QED) is 0.869. The Morgan fingerprint density at radius 2 is 2.23 bits per heavy atom. The molecule has 1 aromatic carbocycles. The number of aromatic nitrogens is 2. The van der Waals surface area contributed by atoms with E-state index in [-0.39, 0.29) is 0 Å². The van der Waals surface area contributed by atoms with Gasteiger partial charge in [0.15, 0.2) is 5.82 Å². The Balaban J connectivity index is 2.04. The molecule has 0 spiro atoms. The van der Waals surface area contributed by atoms with E-state index in [1.165, 1.54) is 11.8 Å². The predicted octanol–water partition coefficient (Wildman–Crippen LogP) is 2.78. The number of nitrogens with zero attached hydrogens (tertiary/aromatic N) is 3. The Morgan fingerprint density at radius 1 is 1.41 bits per heavy atom. The molecule has 0 atom stereocenters. The number of fused-ring (bicyclic) bond motifs is 2. The molecule has 3 rings (SSSR count). The molecule has 0 amide bonds. The van der Waals surface area contributed by atoms with Crippen molar-refractivity contribution in [3.05, 3.63) is 42.2 Å². The van der Waals surface area contributed by atoms with Crippen LogP contribution < -0.4 is 4.90 Å². The second kappa shape index (κ2) is 6.17. The fourth-order valence-corrected chi connectivity index (χ4v) is 3.14. The van der Waals surface area contributed by atoms with Crippen molar-refractivity contribution in [1.29, 1.82) is 0 Å². The highest BCUT2D eigenvalue weighted by molar-refractivity contribution is 7.99. The van der Waals surface area contributed by atoms with Crippen molar-refractivity contribution in [3.63, 3.8) is 0 Å². The Hall–Kier alpha value is -2.38. The molecule has 0 unspecified atom stereocenters. The molecule has 0 aliphatic carbocycles. The molecule has 7 heteroatoms. The van der Waals surface area contributed by atoms with Crippen molar-refractivity contribution in [2.24, 2.45) is 0 Å². The van der Waals surface area contributed by atoms with Gasteiger partial charge in [-0.2, -0.15) is 0 Å². The number of carboxylic acid groups (broad SMARTS) is 1. The third kappa shape index (κ3) is 2.81. The molecule has 6 nitrogen and oxygen atoms in total. The van der Waals surface area contributed by atoms with E-state index in [0.29, 0.717) is 6.73 Å². The van der Waals surface area contributed by atoms with Gasteiger partial charge >= 0.3 is 5.97 Å². The fraction of sp³-hybridized carbons (Fsp3) is 0.133. The molecule has 1 aliphatic rings. The highest BCUT2D eigenvalue weighted by Crippen LogP contribution is 2.46. The molecule has 2 heterocycles. The number of hydrogen-bond donors (Lipinski definition) is 1. The second-order valence-electron chi connectivity index (χ2n) is 4.53. The van der Waals surface area contributed by atoms with Crippen molar-refractivity contribution in [2.45, 2.75) is 9.92 Å². The third-order valence-corrected chi connectivity index (χ3v) is 4.11. The summed E-state index contributed by atoms with van der Waals surface area (Å²) in [7, 11) is 1.62. The van der Waals surface area contributed by atoms with Gasteiger partial charge in [0.25, 0.3) is 0 Å². The van der Waals surface area contributed by atoms with Gasteiger partial charge in [0, 0.05) is 30.5 Å². The number of ether oxygens (including phenoxy) is 1.